The number of aliphatic hydroxyl groups is 1. The summed E-state index contributed by atoms with van der Waals surface area (Å²) in [6.45, 7) is 4.89. The summed E-state index contributed by atoms with van der Waals surface area (Å²) in [6.07, 6.45) is 4.05. The van der Waals surface area contributed by atoms with Gasteiger partial charge in [-0.1, -0.05) is 0 Å². The lowest BCUT2D eigenvalue weighted by Gasteiger charge is -2.32. The van der Waals surface area contributed by atoms with Gasteiger partial charge in [0.05, 0.1) is 12.3 Å². The summed E-state index contributed by atoms with van der Waals surface area (Å²) in [5, 5.41) is 15.1. The Hall–Kier alpha value is -1.57. The number of aromatic nitrogens is 3. The van der Waals surface area contributed by atoms with Gasteiger partial charge in [0, 0.05) is 36.7 Å². The van der Waals surface area contributed by atoms with E-state index in [0.717, 1.165) is 54.9 Å². The largest absolute Gasteiger partial charge is 0.395 e. The van der Waals surface area contributed by atoms with Gasteiger partial charge >= 0.3 is 0 Å². The average molecular weight is 319 g/mol. The van der Waals surface area contributed by atoms with E-state index in [1.54, 1.807) is 17.5 Å². The lowest BCUT2D eigenvalue weighted by atomic mass is 9.94. The second kappa shape index (κ2) is 7.13. The molecule has 0 saturated carbocycles. The molecule has 0 aromatic carbocycles. The zero-order valence-corrected chi connectivity index (χ0v) is 13.5. The van der Waals surface area contributed by atoms with Crippen molar-refractivity contribution in [1.82, 2.24) is 19.9 Å². The molecule has 118 valence electrons. The molecule has 3 rings (SSSR count). The maximum atomic E-state index is 9.12. The number of nitrogens with one attached hydrogen (secondary N) is 1. The van der Waals surface area contributed by atoms with Gasteiger partial charge in [-0.25, -0.2) is 15.0 Å². The number of hydrogen-bond donors (Lipinski definition) is 2. The highest BCUT2D eigenvalue weighted by Gasteiger charge is 2.22. The van der Waals surface area contributed by atoms with E-state index >= 15 is 0 Å². The molecule has 2 aromatic rings. The van der Waals surface area contributed by atoms with Gasteiger partial charge in [-0.2, -0.15) is 0 Å². The van der Waals surface area contributed by atoms with Gasteiger partial charge in [-0.3, -0.25) is 0 Å². The van der Waals surface area contributed by atoms with Crippen molar-refractivity contribution in [3.05, 3.63) is 29.2 Å². The highest BCUT2D eigenvalue weighted by molar-refractivity contribution is 7.13. The van der Waals surface area contributed by atoms with Crippen molar-refractivity contribution in [2.75, 3.05) is 31.6 Å². The van der Waals surface area contributed by atoms with Crippen LogP contribution in [-0.4, -0.2) is 51.2 Å². The fourth-order valence-corrected chi connectivity index (χ4v) is 3.44. The van der Waals surface area contributed by atoms with Gasteiger partial charge < -0.3 is 15.3 Å². The summed E-state index contributed by atoms with van der Waals surface area (Å²) in [5.74, 6) is 1.98. The molecule has 1 saturated heterocycles. The van der Waals surface area contributed by atoms with Gasteiger partial charge in [-0.05, 0) is 26.3 Å². The van der Waals surface area contributed by atoms with E-state index < -0.39 is 0 Å². The Labute approximate surface area is 134 Å². The van der Waals surface area contributed by atoms with Crippen molar-refractivity contribution in [3.63, 3.8) is 0 Å². The summed E-state index contributed by atoms with van der Waals surface area (Å²) in [6, 6.07) is 2.03. The third-order valence-electron chi connectivity index (χ3n) is 3.87. The third kappa shape index (κ3) is 3.79. The first-order chi connectivity index (χ1) is 10.7. The number of rotatable bonds is 5. The minimum Gasteiger partial charge on any atom is -0.395 e. The standard InChI is InChI=1S/C15H21N5OS/c1-11-17-13(12-3-2-5-20(10-12)6-7-21)9-14(18-11)19-15-16-4-8-22-15/h4,8-9,12,21H,2-3,5-7,10H2,1H3,(H,16,17,18,19). The Bertz CT molecular complexity index is 602. The van der Waals surface area contributed by atoms with E-state index in [4.69, 9.17) is 5.11 Å². The molecule has 2 N–H and O–H groups in total. The number of hydrogen-bond acceptors (Lipinski definition) is 7. The number of β-amino-alcohol motifs (C(OH)–C–C–N with tert-alkyl or cyclic N) is 1. The molecular weight excluding hydrogens is 298 g/mol. The van der Waals surface area contributed by atoms with Gasteiger partial charge in [0.2, 0.25) is 0 Å². The summed E-state index contributed by atoms with van der Waals surface area (Å²) in [4.78, 5) is 15.6. The normalized spacial score (nSPS) is 19.3. The van der Waals surface area contributed by atoms with Crippen LogP contribution in [0.4, 0.5) is 10.9 Å². The van der Waals surface area contributed by atoms with Gasteiger partial charge in [0.1, 0.15) is 11.6 Å². The van der Waals surface area contributed by atoms with Crippen LogP contribution < -0.4 is 5.32 Å². The molecule has 1 atom stereocenters. The SMILES string of the molecule is Cc1nc(Nc2nccs2)cc(C2CCCN(CCO)C2)n1. The number of aryl methyl sites for hydroxylation is 1. The van der Waals surface area contributed by atoms with Crippen molar-refractivity contribution in [2.24, 2.45) is 0 Å². The van der Waals surface area contributed by atoms with Crippen LogP contribution in [0, 0.1) is 6.92 Å². The highest BCUT2D eigenvalue weighted by atomic mass is 32.1. The molecule has 1 aliphatic heterocycles. The maximum absolute atomic E-state index is 9.12. The molecule has 1 fully saturated rings. The number of anilines is 2. The zero-order chi connectivity index (χ0) is 15.4. The Morgan fingerprint density at radius 1 is 1.45 bits per heavy atom. The molecule has 3 heterocycles. The molecule has 7 heteroatoms. The maximum Gasteiger partial charge on any atom is 0.188 e. The third-order valence-corrected chi connectivity index (χ3v) is 4.55. The molecule has 0 radical (unpaired) electrons. The van der Waals surface area contributed by atoms with Crippen molar-refractivity contribution >= 4 is 22.3 Å². The number of likely N-dealkylation sites (tertiary alicyclic amines) is 1. The molecule has 0 amide bonds. The van der Waals surface area contributed by atoms with Crippen LogP contribution in [0.5, 0.6) is 0 Å². The number of nitrogens with zero attached hydrogens (tertiary/aromatic N) is 4. The topological polar surface area (TPSA) is 74.2 Å². The summed E-state index contributed by atoms with van der Waals surface area (Å²) in [7, 11) is 0. The fourth-order valence-electron chi connectivity index (χ4n) is 2.90. The van der Waals surface area contributed by atoms with E-state index in [1.807, 2.05) is 18.4 Å². The quantitative estimate of drug-likeness (QED) is 0.880. The molecule has 22 heavy (non-hydrogen) atoms. The lowest BCUT2D eigenvalue weighted by Crippen LogP contribution is -2.36. The molecule has 1 unspecified atom stereocenters. The second-order valence-corrected chi connectivity index (χ2v) is 6.45. The Morgan fingerprint density at radius 2 is 2.36 bits per heavy atom. The number of piperidine rings is 1. The van der Waals surface area contributed by atoms with E-state index in [1.165, 1.54) is 0 Å². The first-order valence-corrected chi connectivity index (χ1v) is 8.48. The van der Waals surface area contributed by atoms with Crippen LogP contribution in [0.2, 0.25) is 0 Å². The average Bonchev–Trinajstić information content (AvgIpc) is 3.00. The smallest absolute Gasteiger partial charge is 0.188 e. The zero-order valence-electron chi connectivity index (χ0n) is 12.7. The lowest BCUT2D eigenvalue weighted by molar-refractivity contribution is 0.160. The Morgan fingerprint density at radius 3 is 3.14 bits per heavy atom. The first kappa shape index (κ1) is 15.3. The number of aliphatic hydroxyl groups excluding tert-OH is 1. The van der Waals surface area contributed by atoms with Crippen LogP contribution in [0.15, 0.2) is 17.6 Å². The Balaban J connectivity index is 1.76. The van der Waals surface area contributed by atoms with E-state index in [9.17, 15) is 0 Å². The molecule has 6 nitrogen and oxygen atoms in total. The van der Waals surface area contributed by atoms with Crippen molar-refractivity contribution in [2.45, 2.75) is 25.7 Å². The second-order valence-electron chi connectivity index (χ2n) is 5.55. The monoisotopic (exact) mass is 319 g/mol. The molecule has 0 spiro atoms. The van der Waals surface area contributed by atoms with Gasteiger partial charge in [0.15, 0.2) is 5.13 Å². The number of thiazole rings is 1. The van der Waals surface area contributed by atoms with Crippen LogP contribution in [0.1, 0.15) is 30.3 Å². The summed E-state index contributed by atoms with van der Waals surface area (Å²) in [5.41, 5.74) is 1.08. The summed E-state index contributed by atoms with van der Waals surface area (Å²) >= 11 is 1.55. The van der Waals surface area contributed by atoms with E-state index in [2.05, 4.69) is 25.2 Å². The molecular formula is C15H21N5OS. The first-order valence-electron chi connectivity index (χ1n) is 7.60. The molecule has 1 aliphatic rings. The predicted octanol–water partition coefficient (Wildman–Crippen LogP) is 2.16. The van der Waals surface area contributed by atoms with Crippen LogP contribution >= 0.6 is 11.3 Å². The minimum absolute atomic E-state index is 0.215. The molecule has 0 bridgehead atoms. The fraction of sp³-hybridized carbons (Fsp3) is 0.533. The van der Waals surface area contributed by atoms with Crippen LogP contribution in [0.25, 0.3) is 0 Å². The molecule has 2 aromatic heterocycles. The molecule has 0 aliphatic carbocycles. The van der Waals surface area contributed by atoms with E-state index in [0.29, 0.717) is 5.92 Å². The van der Waals surface area contributed by atoms with E-state index in [-0.39, 0.29) is 6.61 Å². The van der Waals surface area contributed by atoms with Gasteiger partial charge in [0.25, 0.3) is 0 Å². The van der Waals surface area contributed by atoms with Crippen molar-refractivity contribution < 1.29 is 5.11 Å². The van der Waals surface area contributed by atoms with Gasteiger partial charge in [-0.15, -0.1) is 11.3 Å². The van der Waals surface area contributed by atoms with Crippen LogP contribution in [-0.2, 0) is 0 Å². The minimum atomic E-state index is 0.215. The Kier molecular flexibility index (Phi) is 4.97. The predicted molar refractivity (Wildman–Crippen MR) is 87.7 cm³/mol. The summed E-state index contributed by atoms with van der Waals surface area (Å²) < 4.78 is 0. The van der Waals surface area contributed by atoms with Crippen molar-refractivity contribution in [1.29, 1.82) is 0 Å². The van der Waals surface area contributed by atoms with Crippen LogP contribution in [0.3, 0.4) is 0 Å². The van der Waals surface area contributed by atoms with Crippen molar-refractivity contribution in [3.8, 4) is 0 Å². The highest BCUT2D eigenvalue weighted by Crippen LogP contribution is 2.27.